The Morgan fingerprint density at radius 1 is 1.24 bits per heavy atom. The van der Waals surface area contributed by atoms with Crippen molar-refractivity contribution in [3.63, 3.8) is 0 Å². The van der Waals surface area contributed by atoms with Crippen LogP contribution in [-0.2, 0) is 13.2 Å². The van der Waals surface area contributed by atoms with Crippen molar-refractivity contribution in [2.45, 2.75) is 20.1 Å². The van der Waals surface area contributed by atoms with Crippen molar-refractivity contribution in [3.05, 3.63) is 59.4 Å². The lowest BCUT2D eigenvalue weighted by atomic mass is 10.1. The quantitative estimate of drug-likeness (QED) is 0.875. The summed E-state index contributed by atoms with van der Waals surface area (Å²) in [6.45, 7) is 2.54. The first-order valence-electron chi connectivity index (χ1n) is 5.52. The van der Waals surface area contributed by atoms with E-state index in [2.05, 4.69) is 24.0 Å². The molecule has 0 unspecified atom stereocenters. The zero-order valence-corrected chi connectivity index (χ0v) is 9.76. The van der Waals surface area contributed by atoms with Crippen molar-refractivity contribution in [2.24, 2.45) is 0 Å². The van der Waals surface area contributed by atoms with E-state index >= 15 is 0 Å². The molecule has 0 fully saturated rings. The Balaban J connectivity index is 1.97. The monoisotopic (exact) mass is 229 g/mol. The van der Waals surface area contributed by atoms with Gasteiger partial charge in [0.2, 0.25) is 0 Å². The first-order valence-corrected chi connectivity index (χ1v) is 5.52. The van der Waals surface area contributed by atoms with Crippen molar-refractivity contribution in [1.29, 1.82) is 0 Å². The third kappa shape index (κ3) is 3.29. The van der Waals surface area contributed by atoms with E-state index in [4.69, 9.17) is 9.84 Å². The number of aromatic nitrogens is 1. The van der Waals surface area contributed by atoms with E-state index in [-0.39, 0.29) is 6.61 Å². The van der Waals surface area contributed by atoms with Gasteiger partial charge in [-0.1, -0.05) is 29.8 Å². The number of pyridine rings is 1. The maximum absolute atomic E-state index is 8.86. The van der Waals surface area contributed by atoms with Crippen LogP contribution in [0.5, 0.6) is 5.75 Å². The molecular weight excluding hydrogens is 214 g/mol. The zero-order valence-electron chi connectivity index (χ0n) is 9.76. The number of benzene rings is 1. The summed E-state index contributed by atoms with van der Waals surface area (Å²) in [5.74, 6) is 0.712. The molecule has 1 aromatic heterocycles. The summed E-state index contributed by atoms with van der Waals surface area (Å²) in [5, 5.41) is 8.86. The predicted molar refractivity (Wildman–Crippen MR) is 65.7 cm³/mol. The minimum absolute atomic E-state index is 0.0435. The van der Waals surface area contributed by atoms with Crippen LogP contribution in [0.4, 0.5) is 0 Å². The molecule has 1 aromatic carbocycles. The molecule has 0 spiro atoms. The molecule has 1 heterocycles. The standard InChI is InChI=1S/C14H15NO2/c1-11-3-2-4-12(7-11)10-17-14-6-5-13(9-16)15-8-14/h2-8,16H,9-10H2,1H3. The summed E-state index contributed by atoms with van der Waals surface area (Å²) in [4.78, 5) is 4.05. The van der Waals surface area contributed by atoms with E-state index < -0.39 is 0 Å². The second-order valence-electron chi connectivity index (χ2n) is 3.92. The third-order valence-electron chi connectivity index (χ3n) is 2.45. The molecule has 88 valence electrons. The van der Waals surface area contributed by atoms with Gasteiger partial charge in [0.05, 0.1) is 18.5 Å². The second-order valence-corrected chi connectivity index (χ2v) is 3.92. The fourth-order valence-corrected chi connectivity index (χ4v) is 1.56. The molecule has 0 bridgehead atoms. The maximum Gasteiger partial charge on any atom is 0.138 e. The molecule has 0 saturated carbocycles. The summed E-state index contributed by atoms with van der Waals surface area (Å²) in [7, 11) is 0. The van der Waals surface area contributed by atoms with E-state index in [1.807, 2.05) is 18.2 Å². The van der Waals surface area contributed by atoms with Gasteiger partial charge >= 0.3 is 0 Å². The van der Waals surface area contributed by atoms with Crippen LogP contribution in [0.2, 0.25) is 0 Å². The minimum Gasteiger partial charge on any atom is -0.487 e. The maximum atomic E-state index is 8.86. The zero-order chi connectivity index (χ0) is 12.1. The summed E-state index contributed by atoms with van der Waals surface area (Å²) >= 11 is 0. The van der Waals surface area contributed by atoms with Crippen LogP contribution in [0.3, 0.4) is 0 Å². The largest absolute Gasteiger partial charge is 0.487 e. The number of aryl methyl sites for hydroxylation is 1. The smallest absolute Gasteiger partial charge is 0.138 e. The van der Waals surface area contributed by atoms with E-state index in [0.29, 0.717) is 18.1 Å². The van der Waals surface area contributed by atoms with E-state index in [9.17, 15) is 0 Å². The van der Waals surface area contributed by atoms with Gasteiger partial charge in [-0.15, -0.1) is 0 Å². The van der Waals surface area contributed by atoms with Crippen LogP contribution >= 0.6 is 0 Å². The first-order chi connectivity index (χ1) is 8.28. The van der Waals surface area contributed by atoms with E-state index in [1.54, 1.807) is 12.3 Å². The Labute approximate surface area is 101 Å². The molecule has 0 aliphatic rings. The molecule has 0 aliphatic carbocycles. The highest BCUT2D eigenvalue weighted by Crippen LogP contribution is 2.12. The number of hydrogen-bond acceptors (Lipinski definition) is 3. The van der Waals surface area contributed by atoms with Crippen LogP contribution in [0.15, 0.2) is 42.6 Å². The van der Waals surface area contributed by atoms with Gasteiger partial charge in [0.1, 0.15) is 12.4 Å². The Kier molecular flexibility index (Phi) is 3.73. The van der Waals surface area contributed by atoms with Crippen LogP contribution in [0, 0.1) is 6.92 Å². The summed E-state index contributed by atoms with van der Waals surface area (Å²) in [6.07, 6.45) is 1.63. The number of ether oxygens (including phenoxy) is 1. The van der Waals surface area contributed by atoms with Crippen LogP contribution < -0.4 is 4.74 Å². The summed E-state index contributed by atoms with van der Waals surface area (Å²) < 4.78 is 5.60. The van der Waals surface area contributed by atoms with Crippen molar-refractivity contribution < 1.29 is 9.84 Å². The molecule has 17 heavy (non-hydrogen) atoms. The molecule has 1 N–H and O–H groups in total. The summed E-state index contributed by atoms with van der Waals surface area (Å²) in [6, 6.07) is 11.8. The molecule has 0 atom stereocenters. The van der Waals surface area contributed by atoms with Crippen molar-refractivity contribution in [1.82, 2.24) is 4.98 Å². The molecule has 0 aliphatic heterocycles. The number of hydrogen-bond donors (Lipinski definition) is 1. The van der Waals surface area contributed by atoms with E-state index in [0.717, 1.165) is 5.56 Å². The third-order valence-corrected chi connectivity index (χ3v) is 2.45. The van der Waals surface area contributed by atoms with Gasteiger partial charge in [-0.3, -0.25) is 4.98 Å². The van der Waals surface area contributed by atoms with Crippen LogP contribution in [-0.4, -0.2) is 10.1 Å². The lowest BCUT2D eigenvalue weighted by molar-refractivity contribution is 0.275. The molecule has 2 rings (SSSR count). The fourth-order valence-electron chi connectivity index (χ4n) is 1.56. The van der Waals surface area contributed by atoms with Crippen molar-refractivity contribution in [2.75, 3.05) is 0 Å². The van der Waals surface area contributed by atoms with Gasteiger partial charge in [0.25, 0.3) is 0 Å². The van der Waals surface area contributed by atoms with Gasteiger partial charge in [0.15, 0.2) is 0 Å². The predicted octanol–water partition coefficient (Wildman–Crippen LogP) is 2.46. The number of aliphatic hydroxyl groups excluding tert-OH is 1. The van der Waals surface area contributed by atoms with Gasteiger partial charge in [-0.2, -0.15) is 0 Å². The molecule has 3 heteroatoms. The molecule has 0 amide bonds. The minimum atomic E-state index is -0.0435. The highest BCUT2D eigenvalue weighted by atomic mass is 16.5. The Morgan fingerprint density at radius 3 is 2.76 bits per heavy atom. The van der Waals surface area contributed by atoms with Gasteiger partial charge in [-0.05, 0) is 24.6 Å². The Hall–Kier alpha value is -1.87. The lowest BCUT2D eigenvalue weighted by Gasteiger charge is -2.06. The van der Waals surface area contributed by atoms with Crippen molar-refractivity contribution in [3.8, 4) is 5.75 Å². The lowest BCUT2D eigenvalue weighted by Crippen LogP contribution is -1.97. The SMILES string of the molecule is Cc1cccc(COc2ccc(CO)nc2)c1. The molecule has 3 nitrogen and oxygen atoms in total. The normalized spacial score (nSPS) is 10.2. The number of rotatable bonds is 4. The number of nitrogens with zero attached hydrogens (tertiary/aromatic N) is 1. The average Bonchev–Trinajstić information content (AvgIpc) is 2.37. The molecule has 0 saturated heterocycles. The second kappa shape index (κ2) is 5.46. The van der Waals surface area contributed by atoms with Gasteiger partial charge in [0, 0.05) is 0 Å². The molecular formula is C14H15NO2. The van der Waals surface area contributed by atoms with Crippen LogP contribution in [0.25, 0.3) is 0 Å². The van der Waals surface area contributed by atoms with Gasteiger partial charge < -0.3 is 9.84 Å². The Morgan fingerprint density at radius 2 is 2.12 bits per heavy atom. The first kappa shape index (κ1) is 11.6. The molecule has 0 radical (unpaired) electrons. The average molecular weight is 229 g/mol. The summed E-state index contributed by atoms with van der Waals surface area (Å²) in [5.41, 5.74) is 3.00. The van der Waals surface area contributed by atoms with Crippen LogP contribution in [0.1, 0.15) is 16.8 Å². The van der Waals surface area contributed by atoms with Crippen molar-refractivity contribution >= 4 is 0 Å². The highest BCUT2D eigenvalue weighted by molar-refractivity contribution is 5.23. The van der Waals surface area contributed by atoms with Gasteiger partial charge in [-0.25, -0.2) is 0 Å². The highest BCUT2D eigenvalue weighted by Gasteiger charge is 1.97. The topological polar surface area (TPSA) is 42.4 Å². The molecule has 2 aromatic rings. The van der Waals surface area contributed by atoms with E-state index in [1.165, 1.54) is 5.56 Å². The number of aliphatic hydroxyl groups is 1. The Bertz CT molecular complexity index is 480. The fraction of sp³-hybridized carbons (Fsp3) is 0.214.